The van der Waals surface area contributed by atoms with E-state index in [-0.39, 0.29) is 11.3 Å². The number of aromatic nitrogens is 3. The number of halogens is 4. The van der Waals surface area contributed by atoms with Gasteiger partial charge in [0, 0.05) is 16.1 Å². The first-order chi connectivity index (χ1) is 11.9. The van der Waals surface area contributed by atoms with Gasteiger partial charge in [0.05, 0.1) is 16.3 Å². The maximum Gasteiger partial charge on any atom is 0.433 e. The molecule has 0 radical (unpaired) electrons. The standard InChI is InChI=1S/C17H9BrF3N3S/c18-11-5-3-10(4-6-11)12-9-16-22-13(14-2-1-7-25-14)8-15(17(19,20)21)24(16)23-12/h1-9H. The van der Waals surface area contributed by atoms with Crippen LogP contribution in [-0.4, -0.2) is 14.6 Å². The van der Waals surface area contributed by atoms with Crippen molar-refractivity contribution in [3.63, 3.8) is 0 Å². The van der Waals surface area contributed by atoms with Crippen molar-refractivity contribution >= 4 is 32.9 Å². The van der Waals surface area contributed by atoms with E-state index in [9.17, 15) is 13.2 Å². The predicted molar refractivity (Wildman–Crippen MR) is 94.4 cm³/mol. The molecule has 8 heteroatoms. The second-order valence-corrected chi connectivity index (χ2v) is 7.17. The molecule has 126 valence electrons. The number of rotatable bonds is 2. The maximum atomic E-state index is 13.5. The Morgan fingerprint density at radius 2 is 1.76 bits per heavy atom. The molecule has 0 amide bonds. The van der Waals surface area contributed by atoms with Crippen LogP contribution >= 0.6 is 27.3 Å². The summed E-state index contributed by atoms with van der Waals surface area (Å²) in [6.07, 6.45) is -4.53. The highest BCUT2D eigenvalue weighted by atomic mass is 79.9. The Labute approximate surface area is 152 Å². The highest BCUT2D eigenvalue weighted by Gasteiger charge is 2.35. The summed E-state index contributed by atoms with van der Waals surface area (Å²) in [6.45, 7) is 0. The molecule has 0 N–H and O–H groups in total. The molecule has 3 heterocycles. The normalized spacial score (nSPS) is 12.0. The van der Waals surface area contributed by atoms with Crippen LogP contribution in [0.5, 0.6) is 0 Å². The molecule has 0 bridgehead atoms. The van der Waals surface area contributed by atoms with Gasteiger partial charge >= 0.3 is 6.18 Å². The third kappa shape index (κ3) is 3.07. The van der Waals surface area contributed by atoms with E-state index in [1.165, 1.54) is 11.3 Å². The van der Waals surface area contributed by atoms with Gasteiger partial charge in [-0.3, -0.25) is 0 Å². The summed E-state index contributed by atoms with van der Waals surface area (Å²) in [5, 5.41) is 5.93. The minimum absolute atomic E-state index is 0.163. The van der Waals surface area contributed by atoms with E-state index in [0.717, 1.165) is 20.6 Å². The van der Waals surface area contributed by atoms with Gasteiger partial charge in [0.1, 0.15) is 0 Å². The molecule has 0 unspecified atom stereocenters. The average molecular weight is 424 g/mol. The smallest absolute Gasteiger partial charge is 0.228 e. The fourth-order valence-corrected chi connectivity index (χ4v) is 3.44. The van der Waals surface area contributed by atoms with Crippen LogP contribution in [-0.2, 0) is 6.18 Å². The summed E-state index contributed by atoms with van der Waals surface area (Å²) >= 11 is 4.68. The van der Waals surface area contributed by atoms with E-state index in [1.54, 1.807) is 35.7 Å². The summed E-state index contributed by atoms with van der Waals surface area (Å²) in [4.78, 5) is 5.04. The fraction of sp³-hybridized carbons (Fsp3) is 0.0588. The average Bonchev–Trinajstić information content (AvgIpc) is 3.23. The highest BCUT2D eigenvalue weighted by molar-refractivity contribution is 9.10. The van der Waals surface area contributed by atoms with E-state index in [1.807, 2.05) is 12.1 Å². The fourth-order valence-electron chi connectivity index (χ4n) is 2.49. The van der Waals surface area contributed by atoms with Crippen LogP contribution in [0, 0.1) is 0 Å². The van der Waals surface area contributed by atoms with Gasteiger partial charge in [-0.05, 0) is 29.6 Å². The Balaban J connectivity index is 1.95. The van der Waals surface area contributed by atoms with E-state index in [0.29, 0.717) is 10.6 Å². The molecule has 3 aromatic heterocycles. The molecule has 0 fully saturated rings. The van der Waals surface area contributed by atoms with Gasteiger partial charge in [0.15, 0.2) is 11.3 Å². The molecule has 0 spiro atoms. The predicted octanol–water partition coefficient (Wildman–Crippen LogP) is 5.91. The molecule has 4 aromatic rings. The number of nitrogens with zero attached hydrogens (tertiary/aromatic N) is 3. The third-order valence-electron chi connectivity index (χ3n) is 3.63. The highest BCUT2D eigenvalue weighted by Crippen LogP contribution is 2.34. The lowest BCUT2D eigenvalue weighted by molar-refractivity contribution is -0.142. The van der Waals surface area contributed by atoms with Crippen molar-refractivity contribution < 1.29 is 13.2 Å². The summed E-state index contributed by atoms with van der Waals surface area (Å²) in [6, 6.07) is 13.3. The van der Waals surface area contributed by atoms with Gasteiger partial charge in [0.2, 0.25) is 0 Å². The Kier molecular flexibility index (Phi) is 3.88. The number of hydrogen-bond donors (Lipinski definition) is 0. The molecule has 0 atom stereocenters. The monoisotopic (exact) mass is 423 g/mol. The summed E-state index contributed by atoms with van der Waals surface area (Å²) in [5.41, 5.74) is 0.769. The molecule has 0 saturated heterocycles. The largest absolute Gasteiger partial charge is 0.433 e. The molecule has 0 saturated carbocycles. The zero-order valence-electron chi connectivity index (χ0n) is 12.5. The molecular weight excluding hydrogens is 415 g/mol. The Morgan fingerprint density at radius 3 is 2.40 bits per heavy atom. The van der Waals surface area contributed by atoms with Crippen molar-refractivity contribution in [1.29, 1.82) is 0 Å². The van der Waals surface area contributed by atoms with Gasteiger partial charge in [0.25, 0.3) is 0 Å². The Morgan fingerprint density at radius 1 is 1.00 bits per heavy atom. The van der Waals surface area contributed by atoms with Crippen molar-refractivity contribution in [2.45, 2.75) is 6.18 Å². The van der Waals surface area contributed by atoms with Crippen molar-refractivity contribution in [2.75, 3.05) is 0 Å². The van der Waals surface area contributed by atoms with Crippen molar-refractivity contribution in [3.8, 4) is 21.8 Å². The lowest BCUT2D eigenvalue weighted by atomic mass is 10.2. The second-order valence-electron chi connectivity index (χ2n) is 5.31. The number of fused-ring (bicyclic) bond motifs is 1. The SMILES string of the molecule is FC(F)(F)c1cc(-c2cccs2)nc2cc(-c3ccc(Br)cc3)nn12. The number of hydrogen-bond acceptors (Lipinski definition) is 3. The van der Waals surface area contributed by atoms with Crippen LogP contribution < -0.4 is 0 Å². The first-order valence-electron chi connectivity index (χ1n) is 7.20. The Hall–Kier alpha value is -2.19. The van der Waals surface area contributed by atoms with E-state index in [2.05, 4.69) is 26.0 Å². The molecule has 0 aliphatic carbocycles. The summed E-state index contributed by atoms with van der Waals surface area (Å²) < 4.78 is 42.3. The van der Waals surface area contributed by atoms with Crippen LogP contribution in [0.1, 0.15) is 5.69 Å². The van der Waals surface area contributed by atoms with E-state index in [4.69, 9.17) is 0 Å². The molecule has 4 rings (SSSR count). The minimum atomic E-state index is -4.53. The van der Waals surface area contributed by atoms with Crippen LogP contribution in [0.2, 0.25) is 0 Å². The van der Waals surface area contributed by atoms with Crippen LogP contribution in [0.25, 0.3) is 27.5 Å². The van der Waals surface area contributed by atoms with Crippen molar-refractivity contribution in [1.82, 2.24) is 14.6 Å². The number of thiophene rings is 1. The van der Waals surface area contributed by atoms with Crippen LogP contribution in [0.15, 0.2) is 58.4 Å². The lowest BCUT2D eigenvalue weighted by Crippen LogP contribution is -2.13. The van der Waals surface area contributed by atoms with Gasteiger partial charge in [-0.1, -0.05) is 34.1 Å². The van der Waals surface area contributed by atoms with Crippen LogP contribution in [0.4, 0.5) is 13.2 Å². The van der Waals surface area contributed by atoms with Crippen molar-refractivity contribution in [2.24, 2.45) is 0 Å². The zero-order valence-corrected chi connectivity index (χ0v) is 14.9. The molecular formula is C17H9BrF3N3S. The van der Waals surface area contributed by atoms with Gasteiger partial charge in [-0.25, -0.2) is 9.50 Å². The lowest BCUT2D eigenvalue weighted by Gasteiger charge is -2.10. The zero-order chi connectivity index (χ0) is 17.6. The molecule has 0 aliphatic heterocycles. The van der Waals surface area contributed by atoms with E-state index >= 15 is 0 Å². The summed E-state index contributed by atoms with van der Waals surface area (Å²) in [7, 11) is 0. The first-order valence-corrected chi connectivity index (χ1v) is 8.87. The van der Waals surface area contributed by atoms with Gasteiger partial charge in [-0.2, -0.15) is 18.3 Å². The first kappa shape index (κ1) is 16.3. The number of alkyl halides is 3. The minimum Gasteiger partial charge on any atom is -0.228 e. The van der Waals surface area contributed by atoms with Crippen LogP contribution in [0.3, 0.4) is 0 Å². The van der Waals surface area contributed by atoms with Gasteiger partial charge < -0.3 is 0 Å². The van der Waals surface area contributed by atoms with Crippen molar-refractivity contribution in [3.05, 3.63) is 64.1 Å². The maximum absolute atomic E-state index is 13.5. The van der Waals surface area contributed by atoms with Gasteiger partial charge in [-0.15, -0.1) is 11.3 Å². The summed E-state index contributed by atoms with van der Waals surface area (Å²) in [5.74, 6) is 0. The molecule has 3 nitrogen and oxygen atoms in total. The number of benzene rings is 1. The Bertz CT molecular complexity index is 1040. The van der Waals surface area contributed by atoms with E-state index < -0.39 is 11.9 Å². The molecule has 1 aromatic carbocycles. The molecule has 0 aliphatic rings. The topological polar surface area (TPSA) is 30.2 Å². The molecule has 25 heavy (non-hydrogen) atoms. The quantitative estimate of drug-likeness (QED) is 0.401. The second kappa shape index (κ2) is 5.96. The third-order valence-corrected chi connectivity index (χ3v) is 5.05.